The number of carboxylic acids is 3. The van der Waals surface area contributed by atoms with Crippen molar-refractivity contribution in [1.82, 2.24) is 21.3 Å². The third-order valence-electron chi connectivity index (χ3n) is 11.0. The van der Waals surface area contributed by atoms with E-state index < -0.39 is 36.5 Å². The van der Waals surface area contributed by atoms with Gasteiger partial charge in [-0.1, -0.05) is 71.1 Å². The minimum absolute atomic E-state index is 0.0145. The van der Waals surface area contributed by atoms with E-state index in [1.165, 1.54) is 31.0 Å². The second-order valence-corrected chi connectivity index (χ2v) is 18.0. The quantitative estimate of drug-likeness (QED) is 0.0405. The maximum absolute atomic E-state index is 12.4. The number of ether oxygens (including phenoxy) is 4. The van der Waals surface area contributed by atoms with Crippen LogP contribution < -0.4 is 21.3 Å². The molecular weight excluding hydrogens is 937 g/mol. The first-order valence-electron chi connectivity index (χ1n) is 25.0. The Morgan fingerprint density at radius 3 is 1.53 bits per heavy atom. The van der Waals surface area contributed by atoms with Crippen LogP contribution in [0.15, 0.2) is 0 Å². The van der Waals surface area contributed by atoms with Gasteiger partial charge in [0, 0.05) is 70.0 Å². The standard InChI is InChI=1S/C48H84N4O17S/c1-2-37(41(55)22-19-38(32-53)47(62)63)35-70-36-45(59)50-24-23-49-43(57)33-69-31-29-67-27-25-51-44(58)34-68-30-28-66-26-15-16-39(54)20-21-40(48(64)65)52-42(56)17-13-11-9-7-5-3-4-6-8-10-12-14-18-46(60)61/h37-38,40,53H,2-36H2,1H3,(H,49,57)(H,50,59)(H,51,58)(H,52,56)(H,60,61)(H,62,63)(H,64,65)/t37-,38-,40-/m0/s1. The Balaban J connectivity index is 3.73. The van der Waals surface area contributed by atoms with Gasteiger partial charge in [0.1, 0.15) is 30.8 Å². The molecule has 0 unspecified atom stereocenters. The summed E-state index contributed by atoms with van der Waals surface area (Å²) in [5.74, 6) is -5.31. The van der Waals surface area contributed by atoms with E-state index >= 15 is 0 Å². The van der Waals surface area contributed by atoms with Crippen molar-refractivity contribution in [3.8, 4) is 0 Å². The summed E-state index contributed by atoms with van der Waals surface area (Å²) in [5.41, 5.74) is 0. The molecule has 0 aliphatic heterocycles. The number of aliphatic carboxylic acids is 3. The summed E-state index contributed by atoms with van der Waals surface area (Å²) in [7, 11) is 0. The average molecular weight is 1020 g/mol. The molecule has 4 amide bonds. The van der Waals surface area contributed by atoms with Crippen LogP contribution in [-0.2, 0) is 62.1 Å². The topological polar surface area (TPSA) is 320 Å². The predicted octanol–water partition coefficient (Wildman–Crippen LogP) is 3.45. The van der Waals surface area contributed by atoms with E-state index in [9.17, 15) is 48.3 Å². The van der Waals surface area contributed by atoms with Crippen LogP contribution in [0.1, 0.15) is 142 Å². The molecule has 0 spiro atoms. The first kappa shape index (κ1) is 65.8. The van der Waals surface area contributed by atoms with Gasteiger partial charge in [-0.3, -0.25) is 38.4 Å². The molecule has 0 saturated heterocycles. The SMILES string of the molecule is CC[C@@H](CSCC(=O)NCCNC(=O)COCCOCCNC(=O)COCCOCCCC(=O)CC[C@H](NC(=O)CCCCCCCCCCCCCCC(=O)O)C(=O)O)C(=O)CC[C@@H](CO)C(=O)O. The van der Waals surface area contributed by atoms with Crippen molar-refractivity contribution in [3.63, 3.8) is 0 Å². The molecule has 0 aliphatic rings. The van der Waals surface area contributed by atoms with Crippen LogP contribution in [0.2, 0.25) is 0 Å². The third-order valence-corrected chi connectivity index (χ3v) is 12.1. The summed E-state index contributed by atoms with van der Waals surface area (Å²) in [6, 6.07) is -1.12. The number of nitrogens with one attached hydrogen (secondary N) is 4. The molecule has 3 atom stereocenters. The lowest BCUT2D eigenvalue weighted by atomic mass is 9.95. The summed E-state index contributed by atoms with van der Waals surface area (Å²) in [5, 5.41) is 46.8. The summed E-state index contributed by atoms with van der Waals surface area (Å²) < 4.78 is 21.4. The number of unbranched alkanes of at least 4 members (excludes halogenated alkanes) is 11. The molecule has 0 aromatic carbocycles. The van der Waals surface area contributed by atoms with E-state index in [0.717, 1.165) is 51.4 Å². The highest BCUT2D eigenvalue weighted by Crippen LogP contribution is 2.18. The van der Waals surface area contributed by atoms with Gasteiger partial charge >= 0.3 is 17.9 Å². The van der Waals surface area contributed by atoms with Crippen molar-refractivity contribution in [2.75, 3.05) is 90.6 Å². The summed E-state index contributed by atoms with van der Waals surface area (Å²) in [6.07, 6.45) is 14.1. The van der Waals surface area contributed by atoms with Gasteiger partial charge in [-0.15, -0.1) is 0 Å². The number of amides is 4. The molecule has 0 saturated carbocycles. The molecule has 70 heavy (non-hydrogen) atoms. The summed E-state index contributed by atoms with van der Waals surface area (Å²) >= 11 is 1.29. The Hall–Kier alpha value is -4.22. The number of carbonyl (C=O) groups is 9. The van der Waals surface area contributed by atoms with Gasteiger partial charge in [-0.05, 0) is 38.5 Å². The molecule has 21 nitrogen and oxygen atoms in total. The Morgan fingerprint density at radius 1 is 0.486 bits per heavy atom. The zero-order valence-corrected chi connectivity index (χ0v) is 42.3. The fourth-order valence-electron chi connectivity index (χ4n) is 6.79. The Kier molecular flexibility index (Phi) is 43.1. The number of aliphatic hydroxyl groups excluding tert-OH is 1. The normalized spacial score (nSPS) is 12.4. The van der Waals surface area contributed by atoms with Crippen LogP contribution in [-0.4, -0.2) is 170 Å². The lowest BCUT2D eigenvalue weighted by Gasteiger charge is -2.15. The van der Waals surface area contributed by atoms with Crippen molar-refractivity contribution in [3.05, 3.63) is 0 Å². The van der Waals surface area contributed by atoms with Gasteiger partial charge < -0.3 is 60.6 Å². The van der Waals surface area contributed by atoms with Crippen LogP contribution in [0.25, 0.3) is 0 Å². The maximum atomic E-state index is 12.4. The van der Waals surface area contributed by atoms with Gasteiger partial charge in [-0.25, -0.2) is 4.79 Å². The van der Waals surface area contributed by atoms with Gasteiger partial charge in [0.05, 0.1) is 51.3 Å². The molecular formula is C48H84N4O17S. The van der Waals surface area contributed by atoms with Crippen LogP contribution in [0, 0.1) is 11.8 Å². The van der Waals surface area contributed by atoms with E-state index in [-0.39, 0.29) is 164 Å². The molecule has 0 heterocycles. The second-order valence-electron chi connectivity index (χ2n) is 17.0. The fourth-order valence-corrected chi connectivity index (χ4v) is 7.90. The molecule has 22 heteroatoms. The summed E-state index contributed by atoms with van der Waals surface area (Å²) in [6.45, 7) is 2.78. The molecule has 0 fully saturated rings. The lowest BCUT2D eigenvalue weighted by Crippen LogP contribution is -2.41. The van der Waals surface area contributed by atoms with E-state index in [1.807, 2.05) is 6.92 Å². The molecule has 404 valence electrons. The number of hydrogen-bond donors (Lipinski definition) is 8. The zero-order chi connectivity index (χ0) is 52.0. The first-order valence-corrected chi connectivity index (χ1v) is 26.2. The number of rotatable bonds is 51. The zero-order valence-electron chi connectivity index (χ0n) is 41.5. The minimum atomic E-state index is -1.17. The highest BCUT2D eigenvalue weighted by Gasteiger charge is 2.23. The first-order chi connectivity index (χ1) is 33.7. The molecule has 0 aromatic rings. The van der Waals surface area contributed by atoms with Gasteiger partial charge in [0.25, 0.3) is 0 Å². The van der Waals surface area contributed by atoms with E-state index in [4.69, 9.17) is 34.3 Å². The van der Waals surface area contributed by atoms with E-state index in [0.29, 0.717) is 25.0 Å². The largest absolute Gasteiger partial charge is 0.481 e. The lowest BCUT2D eigenvalue weighted by molar-refractivity contribution is -0.144. The van der Waals surface area contributed by atoms with Crippen molar-refractivity contribution >= 4 is 64.9 Å². The van der Waals surface area contributed by atoms with Crippen molar-refractivity contribution < 1.29 is 82.5 Å². The molecule has 0 bridgehead atoms. The monoisotopic (exact) mass is 1020 g/mol. The smallest absolute Gasteiger partial charge is 0.326 e. The fraction of sp³-hybridized carbons (Fsp3) is 0.812. The van der Waals surface area contributed by atoms with Crippen LogP contribution >= 0.6 is 11.8 Å². The van der Waals surface area contributed by atoms with Crippen LogP contribution in [0.4, 0.5) is 0 Å². The second kappa shape index (κ2) is 45.9. The van der Waals surface area contributed by atoms with Gasteiger partial charge in [-0.2, -0.15) is 11.8 Å². The maximum Gasteiger partial charge on any atom is 0.326 e. The van der Waals surface area contributed by atoms with E-state index in [1.54, 1.807) is 0 Å². The number of hydrogen-bond acceptors (Lipinski definition) is 15. The van der Waals surface area contributed by atoms with E-state index in [2.05, 4.69) is 21.3 Å². The Labute approximate surface area is 417 Å². The number of carboxylic acid groups (broad SMARTS) is 3. The molecule has 0 radical (unpaired) electrons. The number of carbonyl (C=O) groups excluding carboxylic acids is 6. The van der Waals surface area contributed by atoms with Crippen molar-refractivity contribution in [1.29, 1.82) is 0 Å². The van der Waals surface area contributed by atoms with Crippen molar-refractivity contribution in [2.45, 2.75) is 148 Å². The van der Waals surface area contributed by atoms with Crippen molar-refractivity contribution in [2.24, 2.45) is 11.8 Å². The highest BCUT2D eigenvalue weighted by molar-refractivity contribution is 7.99. The minimum Gasteiger partial charge on any atom is -0.481 e. The Morgan fingerprint density at radius 2 is 1.00 bits per heavy atom. The Bertz CT molecular complexity index is 1490. The number of Topliss-reactive ketones (excluding diaryl/α,β-unsaturated/α-hetero) is 2. The number of thioether (sulfide) groups is 1. The summed E-state index contributed by atoms with van der Waals surface area (Å²) in [4.78, 5) is 106. The highest BCUT2D eigenvalue weighted by atomic mass is 32.2. The van der Waals surface area contributed by atoms with Gasteiger partial charge in [0.15, 0.2) is 0 Å². The van der Waals surface area contributed by atoms with Gasteiger partial charge in [0.2, 0.25) is 23.6 Å². The number of aliphatic hydroxyl groups is 1. The average Bonchev–Trinajstić information content (AvgIpc) is 3.32. The predicted molar refractivity (Wildman–Crippen MR) is 261 cm³/mol. The number of ketones is 2. The molecule has 0 aromatic heterocycles. The third kappa shape index (κ3) is 41.6. The van der Waals surface area contributed by atoms with Crippen LogP contribution in [0.3, 0.4) is 0 Å². The molecule has 8 N–H and O–H groups in total. The molecule has 0 rings (SSSR count). The van der Waals surface area contributed by atoms with Crippen LogP contribution in [0.5, 0.6) is 0 Å². The molecule has 0 aliphatic carbocycles.